The number of benzene rings is 3. The fourth-order valence-corrected chi connectivity index (χ4v) is 2.83. The molecule has 1 heterocycles. The normalized spacial score (nSPS) is 11.5. The molecule has 0 fully saturated rings. The summed E-state index contributed by atoms with van der Waals surface area (Å²) in [5.74, 6) is -0.407. The van der Waals surface area contributed by atoms with Gasteiger partial charge in [-0.15, -0.1) is 0 Å². The number of amides is 1. The number of nitrogens with zero attached hydrogens (tertiary/aromatic N) is 1. The van der Waals surface area contributed by atoms with Crippen molar-refractivity contribution in [1.82, 2.24) is 4.98 Å². The lowest BCUT2D eigenvalue weighted by Gasteiger charge is -2.07. The minimum atomic E-state index is -4.42. The van der Waals surface area contributed by atoms with Crippen molar-refractivity contribution >= 4 is 22.4 Å². The van der Waals surface area contributed by atoms with Gasteiger partial charge in [-0.25, -0.2) is 4.98 Å². The van der Waals surface area contributed by atoms with E-state index in [0.29, 0.717) is 11.3 Å². The zero-order valence-electron chi connectivity index (χ0n) is 14.3. The second-order valence-corrected chi connectivity index (χ2v) is 6.09. The fourth-order valence-electron chi connectivity index (χ4n) is 2.83. The second-order valence-electron chi connectivity index (χ2n) is 6.09. The average molecular weight is 382 g/mol. The number of nitrogens with one attached hydrogen (secondary N) is 1. The van der Waals surface area contributed by atoms with Crippen LogP contribution in [0.5, 0.6) is 0 Å². The summed E-state index contributed by atoms with van der Waals surface area (Å²) in [7, 11) is 0. The molecule has 4 nitrogen and oxygen atoms in total. The van der Waals surface area contributed by atoms with Crippen LogP contribution in [0.2, 0.25) is 0 Å². The number of aromatic nitrogens is 1. The molecule has 140 valence electrons. The first kappa shape index (κ1) is 17.8. The van der Waals surface area contributed by atoms with E-state index in [9.17, 15) is 18.0 Å². The Balaban J connectivity index is 1.56. The number of carbonyl (C=O) groups is 1. The largest absolute Gasteiger partial charge is 0.444 e. The number of alkyl halides is 3. The van der Waals surface area contributed by atoms with Crippen LogP contribution in [0.15, 0.2) is 77.4 Å². The lowest BCUT2D eigenvalue weighted by molar-refractivity contribution is -0.137. The van der Waals surface area contributed by atoms with Gasteiger partial charge in [0.15, 0.2) is 5.69 Å². The summed E-state index contributed by atoms with van der Waals surface area (Å²) in [4.78, 5) is 16.6. The van der Waals surface area contributed by atoms with Crippen molar-refractivity contribution in [2.24, 2.45) is 0 Å². The van der Waals surface area contributed by atoms with Crippen LogP contribution in [0.4, 0.5) is 18.9 Å². The van der Waals surface area contributed by atoms with Gasteiger partial charge in [0.2, 0.25) is 5.89 Å². The number of hydrogen-bond donors (Lipinski definition) is 1. The molecular formula is C21H13F3N2O2. The molecule has 0 spiro atoms. The summed E-state index contributed by atoms with van der Waals surface area (Å²) in [5.41, 5.74) is 0.235. The molecule has 0 aliphatic carbocycles. The number of fused-ring (bicyclic) bond motifs is 1. The number of halogens is 3. The van der Waals surface area contributed by atoms with Crippen molar-refractivity contribution in [2.45, 2.75) is 6.18 Å². The molecule has 0 saturated carbocycles. The smallest absolute Gasteiger partial charge is 0.416 e. The lowest BCUT2D eigenvalue weighted by Crippen LogP contribution is -2.12. The van der Waals surface area contributed by atoms with Crippen LogP contribution in [-0.4, -0.2) is 10.9 Å². The van der Waals surface area contributed by atoms with Gasteiger partial charge in [0, 0.05) is 16.6 Å². The maximum absolute atomic E-state index is 12.7. The van der Waals surface area contributed by atoms with Gasteiger partial charge in [-0.2, -0.15) is 13.2 Å². The molecule has 0 bridgehead atoms. The van der Waals surface area contributed by atoms with Crippen LogP contribution < -0.4 is 5.32 Å². The van der Waals surface area contributed by atoms with E-state index in [1.807, 2.05) is 36.4 Å². The first-order chi connectivity index (χ1) is 13.4. The van der Waals surface area contributed by atoms with Gasteiger partial charge in [0.25, 0.3) is 5.91 Å². The average Bonchev–Trinajstić information content (AvgIpc) is 3.18. The van der Waals surface area contributed by atoms with E-state index in [0.717, 1.165) is 22.9 Å². The zero-order valence-corrected chi connectivity index (χ0v) is 14.3. The Labute approximate surface area is 157 Å². The summed E-state index contributed by atoms with van der Waals surface area (Å²) in [6.45, 7) is 0. The summed E-state index contributed by atoms with van der Waals surface area (Å²) < 4.78 is 43.2. The Morgan fingerprint density at radius 3 is 2.39 bits per heavy atom. The van der Waals surface area contributed by atoms with Gasteiger partial charge in [-0.05, 0) is 35.7 Å². The maximum atomic E-state index is 12.7. The highest BCUT2D eigenvalue weighted by Crippen LogP contribution is 2.31. The Morgan fingerprint density at radius 1 is 0.929 bits per heavy atom. The highest BCUT2D eigenvalue weighted by Gasteiger charge is 2.30. The third-order valence-corrected chi connectivity index (χ3v) is 4.23. The highest BCUT2D eigenvalue weighted by atomic mass is 19.4. The predicted molar refractivity (Wildman–Crippen MR) is 98.8 cm³/mol. The van der Waals surface area contributed by atoms with E-state index in [1.165, 1.54) is 18.4 Å². The summed E-state index contributed by atoms with van der Waals surface area (Å²) in [6, 6.07) is 17.5. The molecule has 4 rings (SSSR count). The molecule has 0 radical (unpaired) electrons. The minimum absolute atomic E-state index is 0.0304. The van der Waals surface area contributed by atoms with Crippen LogP contribution in [0.25, 0.3) is 22.2 Å². The van der Waals surface area contributed by atoms with Crippen LogP contribution in [0.1, 0.15) is 16.1 Å². The number of carbonyl (C=O) groups excluding carboxylic acids is 1. The molecular weight excluding hydrogens is 369 g/mol. The van der Waals surface area contributed by atoms with Gasteiger partial charge >= 0.3 is 6.18 Å². The van der Waals surface area contributed by atoms with Gasteiger partial charge in [0.05, 0.1) is 5.56 Å². The van der Waals surface area contributed by atoms with E-state index in [2.05, 4.69) is 10.3 Å². The first-order valence-electron chi connectivity index (χ1n) is 8.34. The Hall–Kier alpha value is -3.61. The molecule has 0 saturated heterocycles. The quantitative estimate of drug-likeness (QED) is 0.490. The Kier molecular flexibility index (Phi) is 4.35. The highest BCUT2D eigenvalue weighted by molar-refractivity contribution is 6.08. The SMILES string of the molecule is O=C(Nc1cccc2ccccc12)c1coc(-c2ccc(C(F)(F)F)cc2)n1. The molecule has 1 N–H and O–H groups in total. The molecule has 4 aromatic rings. The van der Waals surface area contributed by atoms with Crippen LogP contribution in [0, 0.1) is 0 Å². The fraction of sp³-hybridized carbons (Fsp3) is 0.0476. The predicted octanol–water partition coefficient (Wildman–Crippen LogP) is 5.77. The zero-order chi connectivity index (χ0) is 19.7. The van der Waals surface area contributed by atoms with Crippen molar-refractivity contribution in [2.75, 3.05) is 5.32 Å². The molecule has 3 aromatic carbocycles. The number of hydrogen-bond acceptors (Lipinski definition) is 3. The maximum Gasteiger partial charge on any atom is 0.416 e. The third kappa shape index (κ3) is 3.46. The molecule has 1 aromatic heterocycles. The van der Waals surface area contributed by atoms with Crippen molar-refractivity contribution in [3.8, 4) is 11.5 Å². The van der Waals surface area contributed by atoms with Gasteiger partial charge in [-0.3, -0.25) is 4.79 Å². The molecule has 7 heteroatoms. The van der Waals surface area contributed by atoms with Crippen molar-refractivity contribution in [1.29, 1.82) is 0 Å². The molecule has 0 aliphatic rings. The standard InChI is InChI=1S/C21H13F3N2O2/c22-21(23,24)15-10-8-14(9-11-15)20-26-18(12-28-20)19(27)25-17-7-3-5-13-4-1-2-6-16(13)17/h1-12H,(H,25,27). The van der Waals surface area contributed by atoms with E-state index < -0.39 is 17.6 Å². The number of rotatable bonds is 3. The number of oxazole rings is 1. The molecule has 0 unspecified atom stereocenters. The van der Waals surface area contributed by atoms with E-state index in [4.69, 9.17) is 4.42 Å². The molecule has 28 heavy (non-hydrogen) atoms. The molecule has 1 amide bonds. The summed E-state index contributed by atoms with van der Waals surface area (Å²) in [5, 5.41) is 4.64. The van der Waals surface area contributed by atoms with Crippen LogP contribution in [0.3, 0.4) is 0 Å². The Morgan fingerprint density at radius 2 is 1.64 bits per heavy atom. The monoisotopic (exact) mass is 382 g/mol. The molecule has 0 atom stereocenters. The van der Waals surface area contributed by atoms with Crippen molar-refractivity contribution in [3.05, 3.63) is 84.3 Å². The number of anilines is 1. The van der Waals surface area contributed by atoms with E-state index in [-0.39, 0.29) is 11.6 Å². The first-order valence-corrected chi connectivity index (χ1v) is 8.34. The van der Waals surface area contributed by atoms with E-state index in [1.54, 1.807) is 6.07 Å². The minimum Gasteiger partial charge on any atom is -0.444 e. The summed E-state index contributed by atoms with van der Waals surface area (Å²) in [6.07, 6.45) is -3.24. The van der Waals surface area contributed by atoms with Crippen molar-refractivity contribution in [3.63, 3.8) is 0 Å². The van der Waals surface area contributed by atoms with Gasteiger partial charge < -0.3 is 9.73 Å². The van der Waals surface area contributed by atoms with Gasteiger partial charge in [-0.1, -0.05) is 36.4 Å². The topological polar surface area (TPSA) is 55.1 Å². The summed E-state index contributed by atoms with van der Waals surface area (Å²) >= 11 is 0. The van der Waals surface area contributed by atoms with E-state index >= 15 is 0 Å². The molecule has 0 aliphatic heterocycles. The van der Waals surface area contributed by atoms with Crippen LogP contribution in [-0.2, 0) is 6.18 Å². The van der Waals surface area contributed by atoms with Gasteiger partial charge in [0.1, 0.15) is 6.26 Å². The Bertz CT molecular complexity index is 1140. The lowest BCUT2D eigenvalue weighted by atomic mass is 10.1. The van der Waals surface area contributed by atoms with Crippen LogP contribution >= 0.6 is 0 Å². The third-order valence-electron chi connectivity index (χ3n) is 4.23. The van der Waals surface area contributed by atoms with Crippen molar-refractivity contribution < 1.29 is 22.4 Å². The second kappa shape index (κ2) is 6.84.